The number of ether oxygens (including phenoxy) is 1. The van der Waals surface area contributed by atoms with Gasteiger partial charge in [0, 0.05) is 12.5 Å². The number of methoxy groups -OCH3 is 1. The minimum Gasteiger partial charge on any atom is -0.467 e. The fourth-order valence-corrected chi connectivity index (χ4v) is 1.33. The monoisotopic (exact) mass is 250 g/mol. The molecule has 94 valence electrons. The van der Waals surface area contributed by atoms with Crippen LogP contribution in [0.5, 0.6) is 0 Å². The van der Waals surface area contributed by atoms with Crippen molar-refractivity contribution in [2.45, 2.75) is 25.8 Å². The molecule has 0 spiro atoms. The molecule has 0 aromatic rings. The van der Waals surface area contributed by atoms with E-state index in [1.807, 2.05) is 0 Å². The Labute approximate surface area is 101 Å². The molecule has 0 aromatic heterocycles. The van der Waals surface area contributed by atoms with Crippen molar-refractivity contribution >= 4 is 24.3 Å². The molecular weight excluding hydrogens is 232 g/mol. The maximum absolute atomic E-state index is 11.5. The highest BCUT2D eigenvalue weighted by Crippen LogP contribution is 2.33. The molecular formula is C10H19ClN2O3. The van der Waals surface area contributed by atoms with Crippen molar-refractivity contribution in [1.29, 1.82) is 0 Å². The first-order chi connectivity index (χ1) is 7.10. The molecule has 0 saturated heterocycles. The van der Waals surface area contributed by atoms with Crippen molar-refractivity contribution in [2.24, 2.45) is 17.6 Å². The lowest BCUT2D eigenvalue weighted by Gasteiger charge is -2.17. The van der Waals surface area contributed by atoms with Crippen LogP contribution in [-0.2, 0) is 14.3 Å². The van der Waals surface area contributed by atoms with Crippen LogP contribution < -0.4 is 11.1 Å². The van der Waals surface area contributed by atoms with Crippen molar-refractivity contribution < 1.29 is 14.3 Å². The van der Waals surface area contributed by atoms with Crippen LogP contribution in [0.4, 0.5) is 0 Å². The van der Waals surface area contributed by atoms with E-state index in [9.17, 15) is 9.59 Å². The molecule has 5 nitrogen and oxygen atoms in total. The molecule has 0 heterocycles. The number of nitrogens with one attached hydrogen (secondary N) is 1. The summed E-state index contributed by atoms with van der Waals surface area (Å²) in [4.78, 5) is 22.9. The Morgan fingerprint density at radius 3 is 2.44 bits per heavy atom. The second kappa shape index (κ2) is 6.70. The molecule has 0 radical (unpaired) electrons. The maximum Gasteiger partial charge on any atom is 0.328 e. The quantitative estimate of drug-likeness (QED) is 0.677. The first-order valence-corrected chi connectivity index (χ1v) is 5.18. The highest BCUT2D eigenvalue weighted by atomic mass is 35.5. The number of halogens is 1. The number of hydrogen-bond acceptors (Lipinski definition) is 4. The number of amides is 1. The van der Waals surface area contributed by atoms with Gasteiger partial charge in [-0.15, -0.1) is 12.4 Å². The predicted octanol–water partition coefficient (Wildman–Crippen LogP) is 0.0708. The Morgan fingerprint density at radius 1 is 1.50 bits per heavy atom. The van der Waals surface area contributed by atoms with Gasteiger partial charge in [0.05, 0.1) is 7.11 Å². The molecule has 1 aliphatic carbocycles. The van der Waals surface area contributed by atoms with Gasteiger partial charge in [-0.3, -0.25) is 4.79 Å². The Bertz CT molecular complexity index is 256. The zero-order chi connectivity index (χ0) is 11.4. The number of carbonyl (C=O) groups is 2. The zero-order valence-corrected chi connectivity index (χ0v) is 10.4. The third-order valence-corrected chi connectivity index (χ3v) is 2.65. The molecule has 0 aliphatic heterocycles. The minimum atomic E-state index is -0.489. The van der Waals surface area contributed by atoms with Gasteiger partial charge in [0.25, 0.3) is 0 Å². The Morgan fingerprint density at radius 2 is 2.06 bits per heavy atom. The highest BCUT2D eigenvalue weighted by molar-refractivity contribution is 5.86. The lowest BCUT2D eigenvalue weighted by molar-refractivity contribution is -0.146. The number of esters is 1. The van der Waals surface area contributed by atoms with Crippen LogP contribution in [0.1, 0.15) is 19.8 Å². The van der Waals surface area contributed by atoms with Crippen LogP contribution in [0.2, 0.25) is 0 Å². The smallest absolute Gasteiger partial charge is 0.328 e. The van der Waals surface area contributed by atoms with E-state index >= 15 is 0 Å². The molecule has 2 atom stereocenters. The lowest BCUT2D eigenvalue weighted by atomic mass is 10.1. The molecule has 1 fully saturated rings. The maximum atomic E-state index is 11.5. The highest BCUT2D eigenvalue weighted by Gasteiger charge is 2.38. The molecule has 1 amide bonds. The number of hydrogen-bond donors (Lipinski definition) is 2. The average Bonchev–Trinajstić information content (AvgIpc) is 3.07. The van der Waals surface area contributed by atoms with E-state index in [1.54, 1.807) is 6.92 Å². The molecule has 1 saturated carbocycles. The molecule has 0 bridgehead atoms. The predicted molar refractivity (Wildman–Crippen MR) is 62.1 cm³/mol. The second-order valence-electron chi connectivity index (χ2n) is 3.98. The first-order valence-electron chi connectivity index (χ1n) is 5.18. The van der Waals surface area contributed by atoms with E-state index in [4.69, 9.17) is 5.73 Å². The minimum absolute atomic E-state index is 0. The van der Waals surface area contributed by atoms with E-state index < -0.39 is 6.04 Å². The van der Waals surface area contributed by atoms with Crippen LogP contribution in [-0.4, -0.2) is 31.6 Å². The summed E-state index contributed by atoms with van der Waals surface area (Å²) in [5, 5.41) is 2.69. The summed E-state index contributed by atoms with van der Waals surface area (Å²) in [7, 11) is 1.33. The standard InChI is InChI=1S/C10H18N2O3.ClH/c1-6(5-11)9(13)12-8(7-3-4-7)10(14)15-2;/h6-8H,3-5,11H2,1-2H3,(H,12,13);1H. The summed E-state index contributed by atoms with van der Waals surface area (Å²) >= 11 is 0. The Kier molecular flexibility index (Phi) is 6.36. The fourth-order valence-electron chi connectivity index (χ4n) is 1.33. The Hall–Kier alpha value is -0.810. The van der Waals surface area contributed by atoms with Crippen LogP contribution in [0.3, 0.4) is 0 Å². The SMILES string of the molecule is COC(=O)C(NC(=O)C(C)CN)C1CC1.Cl. The average molecular weight is 251 g/mol. The van der Waals surface area contributed by atoms with E-state index in [-0.39, 0.29) is 42.7 Å². The number of rotatable bonds is 5. The second-order valence-corrected chi connectivity index (χ2v) is 3.98. The van der Waals surface area contributed by atoms with E-state index in [0.717, 1.165) is 12.8 Å². The van der Waals surface area contributed by atoms with Crippen molar-refractivity contribution in [3.63, 3.8) is 0 Å². The van der Waals surface area contributed by atoms with Gasteiger partial charge in [0.1, 0.15) is 6.04 Å². The Balaban J connectivity index is 0.00000225. The normalized spacial score (nSPS) is 17.9. The first kappa shape index (κ1) is 15.2. The van der Waals surface area contributed by atoms with Gasteiger partial charge in [-0.25, -0.2) is 4.79 Å². The van der Waals surface area contributed by atoms with Gasteiger partial charge >= 0.3 is 5.97 Å². The van der Waals surface area contributed by atoms with Crippen LogP contribution >= 0.6 is 12.4 Å². The molecule has 3 N–H and O–H groups in total. The molecule has 0 aromatic carbocycles. The largest absolute Gasteiger partial charge is 0.467 e. The van der Waals surface area contributed by atoms with E-state index in [0.29, 0.717) is 0 Å². The summed E-state index contributed by atoms with van der Waals surface area (Å²) in [5.41, 5.74) is 5.37. The summed E-state index contributed by atoms with van der Waals surface area (Å²) in [6, 6.07) is -0.489. The summed E-state index contributed by atoms with van der Waals surface area (Å²) < 4.78 is 4.64. The topological polar surface area (TPSA) is 81.4 Å². The molecule has 16 heavy (non-hydrogen) atoms. The summed E-state index contributed by atoms with van der Waals surface area (Å²) in [5.74, 6) is -0.572. The van der Waals surface area contributed by atoms with Crippen molar-refractivity contribution in [3.05, 3.63) is 0 Å². The fraction of sp³-hybridized carbons (Fsp3) is 0.800. The number of carbonyl (C=O) groups excluding carboxylic acids is 2. The van der Waals surface area contributed by atoms with Gasteiger partial charge in [-0.2, -0.15) is 0 Å². The van der Waals surface area contributed by atoms with Gasteiger partial charge in [0.15, 0.2) is 0 Å². The molecule has 1 aliphatic rings. The third kappa shape index (κ3) is 3.98. The van der Waals surface area contributed by atoms with E-state index in [2.05, 4.69) is 10.1 Å². The van der Waals surface area contributed by atoms with E-state index in [1.165, 1.54) is 7.11 Å². The zero-order valence-electron chi connectivity index (χ0n) is 9.56. The summed E-state index contributed by atoms with van der Waals surface area (Å²) in [6.07, 6.45) is 1.94. The van der Waals surface area contributed by atoms with Gasteiger partial charge < -0.3 is 15.8 Å². The molecule has 2 unspecified atom stereocenters. The van der Waals surface area contributed by atoms with Crippen molar-refractivity contribution in [2.75, 3.05) is 13.7 Å². The van der Waals surface area contributed by atoms with Crippen molar-refractivity contribution in [1.82, 2.24) is 5.32 Å². The van der Waals surface area contributed by atoms with Gasteiger partial charge in [0.2, 0.25) is 5.91 Å². The van der Waals surface area contributed by atoms with Crippen LogP contribution in [0, 0.1) is 11.8 Å². The van der Waals surface area contributed by atoms with Crippen molar-refractivity contribution in [3.8, 4) is 0 Å². The van der Waals surface area contributed by atoms with Crippen LogP contribution in [0.15, 0.2) is 0 Å². The third-order valence-electron chi connectivity index (χ3n) is 2.65. The van der Waals surface area contributed by atoms with Gasteiger partial charge in [-0.1, -0.05) is 6.92 Å². The molecule has 1 rings (SSSR count). The summed E-state index contributed by atoms with van der Waals surface area (Å²) in [6.45, 7) is 2.01. The van der Waals surface area contributed by atoms with Gasteiger partial charge in [-0.05, 0) is 18.8 Å². The molecule has 6 heteroatoms. The van der Waals surface area contributed by atoms with Crippen LogP contribution in [0.25, 0.3) is 0 Å². The number of nitrogens with two attached hydrogens (primary N) is 1. The lowest BCUT2D eigenvalue weighted by Crippen LogP contribution is -2.46.